The molecule has 1 amide bonds. The average Bonchev–Trinajstić information content (AvgIpc) is 3.30. The highest BCUT2D eigenvalue weighted by Crippen LogP contribution is 2.42. The second-order valence-corrected chi connectivity index (χ2v) is 9.59. The third kappa shape index (κ3) is 6.56. The number of carbonyl (C=O) groups is 1. The van der Waals surface area contributed by atoms with E-state index in [4.69, 9.17) is 19.6 Å². The van der Waals surface area contributed by atoms with E-state index in [-0.39, 0.29) is 12.5 Å². The van der Waals surface area contributed by atoms with Gasteiger partial charge in [-0.25, -0.2) is 10.4 Å². The summed E-state index contributed by atoms with van der Waals surface area (Å²) in [6.45, 7) is 5.32. The maximum atomic E-state index is 13.9. The van der Waals surface area contributed by atoms with Gasteiger partial charge in [-0.15, -0.1) is 0 Å². The van der Waals surface area contributed by atoms with Crippen molar-refractivity contribution in [1.29, 1.82) is 0 Å². The van der Waals surface area contributed by atoms with Gasteiger partial charge in [0.1, 0.15) is 5.75 Å². The Morgan fingerprint density at radius 1 is 1.03 bits per heavy atom. The van der Waals surface area contributed by atoms with Crippen LogP contribution in [0.4, 0.5) is 0 Å². The van der Waals surface area contributed by atoms with Crippen molar-refractivity contribution in [3.05, 3.63) is 102 Å². The van der Waals surface area contributed by atoms with E-state index in [2.05, 4.69) is 24.7 Å². The molecule has 1 aliphatic heterocycles. The summed E-state index contributed by atoms with van der Waals surface area (Å²) in [7, 11) is 0. The molecule has 0 aliphatic carbocycles. The number of hydrogen-bond acceptors (Lipinski definition) is 6. The van der Waals surface area contributed by atoms with Gasteiger partial charge in [0, 0.05) is 31.6 Å². The van der Waals surface area contributed by atoms with Crippen LogP contribution < -0.4 is 15.6 Å². The number of hydrazine groups is 1. The number of nitrogens with zero attached hydrogens (tertiary/aromatic N) is 1. The minimum Gasteiger partial charge on any atom is -0.494 e. The van der Waals surface area contributed by atoms with Crippen molar-refractivity contribution in [3.8, 4) is 5.75 Å². The number of aliphatic hydroxyl groups is 1. The normalized spacial score (nSPS) is 18.8. The van der Waals surface area contributed by atoms with Crippen molar-refractivity contribution < 1.29 is 19.4 Å². The molecule has 0 saturated carbocycles. The number of aliphatic imine (C=N–C) groups is 1. The lowest BCUT2D eigenvalue weighted by Gasteiger charge is -2.31. The number of benzene rings is 3. The standard InChI is InChI=1S/C30H35N3O4/c1-22(2)21-31-33-29(35)30(20-23-10-5-3-6-11-23)27(24-12-7-4-8-13-24)37-28(32-30)25-14-16-26(17-15-25)36-19-9-18-34/h3-8,10-17,22,27,31,34H,9,18-21H2,1-2H3,(H,33,35)/t27-,30-/m0/s1. The van der Waals surface area contributed by atoms with Gasteiger partial charge in [-0.2, -0.15) is 0 Å². The highest BCUT2D eigenvalue weighted by atomic mass is 16.5. The van der Waals surface area contributed by atoms with E-state index in [0.29, 0.717) is 43.6 Å². The monoisotopic (exact) mass is 501 g/mol. The van der Waals surface area contributed by atoms with Crippen LogP contribution in [-0.2, 0) is 16.0 Å². The van der Waals surface area contributed by atoms with Crippen molar-refractivity contribution in [3.63, 3.8) is 0 Å². The lowest BCUT2D eigenvalue weighted by Crippen LogP contribution is -2.54. The number of aliphatic hydroxyl groups excluding tert-OH is 1. The van der Waals surface area contributed by atoms with Crippen LogP contribution in [0, 0.1) is 5.92 Å². The minimum absolute atomic E-state index is 0.0845. The van der Waals surface area contributed by atoms with Gasteiger partial charge in [0.25, 0.3) is 5.91 Å². The first-order valence-corrected chi connectivity index (χ1v) is 12.7. The molecule has 0 spiro atoms. The van der Waals surface area contributed by atoms with Gasteiger partial charge < -0.3 is 14.6 Å². The zero-order valence-electron chi connectivity index (χ0n) is 21.4. The lowest BCUT2D eigenvalue weighted by atomic mass is 9.82. The Bertz CT molecular complexity index is 1170. The highest BCUT2D eigenvalue weighted by molar-refractivity contribution is 6.01. The molecule has 3 aromatic rings. The Labute approximate surface area is 218 Å². The number of hydrogen-bond donors (Lipinski definition) is 3. The summed E-state index contributed by atoms with van der Waals surface area (Å²) in [5, 5.41) is 8.98. The van der Waals surface area contributed by atoms with Crippen LogP contribution >= 0.6 is 0 Å². The molecule has 7 heteroatoms. The Morgan fingerprint density at radius 2 is 1.70 bits per heavy atom. The van der Waals surface area contributed by atoms with Gasteiger partial charge in [0.05, 0.1) is 6.61 Å². The summed E-state index contributed by atoms with van der Waals surface area (Å²) >= 11 is 0. The Hall–Kier alpha value is -3.68. The number of carbonyl (C=O) groups excluding carboxylic acids is 1. The molecule has 7 nitrogen and oxygen atoms in total. The lowest BCUT2D eigenvalue weighted by molar-refractivity contribution is -0.130. The molecule has 0 aromatic heterocycles. The number of nitrogens with one attached hydrogen (secondary N) is 2. The Morgan fingerprint density at radius 3 is 2.35 bits per heavy atom. The van der Waals surface area contributed by atoms with Crippen LogP contribution in [0.5, 0.6) is 5.75 Å². The molecule has 1 heterocycles. The maximum Gasteiger partial charge on any atom is 0.266 e. The average molecular weight is 502 g/mol. The zero-order chi connectivity index (χ0) is 26.1. The van der Waals surface area contributed by atoms with Crippen molar-refractivity contribution in [2.75, 3.05) is 19.8 Å². The van der Waals surface area contributed by atoms with Crippen molar-refractivity contribution in [2.45, 2.75) is 38.3 Å². The fraction of sp³-hybridized carbons (Fsp3) is 0.333. The molecule has 0 bridgehead atoms. The third-order valence-electron chi connectivity index (χ3n) is 6.16. The summed E-state index contributed by atoms with van der Waals surface area (Å²) in [6.07, 6.45) is 0.317. The highest BCUT2D eigenvalue weighted by Gasteiger charge is 2.53. The van der Waals surface area contributed by atoms with E-state index in [1.165, 1.54) is 0 Å². The van der Waals surface area contributed by atoms with E-state index in [1.54, 1.807) is 0 Å². The fourth-order valence-electron chi connectivity index (χ4n) is 4.26. The zero-order valence-corrected chi connectivity index (χ0v) is 21.4. The fourth-order valence-corrected chi connectivity index (χ4v) is 4.26. The van der Waals surface area contributed by atoms with Crippen LogP contribution in [-0.4, -0.2) is 42.2 Å². The van der Waals surface area contributed by atoms with Gasteiger partial charge in [0.15, 0.2) is 11.6 Å². The molecular weight excluding hydrogens is 466 g/mol. The largest absolute Gasteiger partial charge is 0.494 e. The topological polar surface area (TPSA) is 92.2 Å². The third-order valence-corrected chi connectivity index (χ3v) is 6.16. The van der Waals surface area contributed by atoms with Crippen LogP contribution in [0.2, 0.25) is 0 Å². The van der Waals surface area contributed by atoms with Gasteiger partial charge >= 0.3 is 0 Å². The van der Waals surface area contributed by atoms with Crippen molar-refractivity contribution in [2.24, 2.45) is 10.9 Å². The Kier molecular flexibility index (Phi) is 8.93. The van der Waals surface area contributed by atoms with Gasteiger partial charge in [0.2, 0.25) is 5.90 Å². The van der Waals surface area contributed by atoms with Crippen LogP contribution in [0.3, 0.4) is 0 Å². The van der Waals surface area contributed by atoms with Crippen LogP contribution in [0.1, 0.15) is 43.1 Å². The molecule has 3 N–H and O–H groups in total. The second kappa shape index (κ2) is 12.5. The van der Waals surface area contributed by atoms with Gasteiger partial charge in [-0.05, 0) is 41.3 Å². The van der Waals surface area contributed by atoms with Crippen molar-refractivity contribution >= 4 is 11.8 Å². The molecule has 1 aliphatic rings. The summed E-state index contributed by atoms with van der Waals surface area (Å²) in [4.78, 5) is 18.9. The summed E-state index contributed by atoms with van der Waals surface area (Å²) in [6, 6.07) is 27.1. The molecular formula is C30H35N3O4. The van der Waals surface area contributed by atoms with E-state index in [1.807, 2.05) is 84.9 Å². The predicted molar refractivity (Wildman–Crippen MR) is 144 cm³/mol. The molecule has 0 unspecified atom stereocenters. The summed E-state index contributed by atoms with van der Waals surface area (Å²) < 4.78 is 12.2. The molecule has 37 heavy (non-hydrogen) atoms. The molecule has 4 rings (SSSR count). The number of amides is 1. The minimum atomic E-state index is -1.22. The SMILES string of the molecule is CC(C)CNNC(=O)[C@@]1(Cc2ccccc2)N=C(c2ccc(OCCCO)cc2)O[C@H]1c1ccccc1. The molecule has 0 saturated heterocycles. The first kappa shape index (κ1) is 26.4. The first-order chi connectivity index (χ1) is 18.0. The molecule has 2 atom stereocenters. The summed E-state index contributed by atoms with van der Waals surface area (Å²) in [5.41, 5.74) is 7.38. The van der Waals surface area contributed by atoms with E-state index < -0.39 is 11.6 Å². The first-order valence-electron chi connectivity index (χ1n) is 12.7. The summed E-state index contributed by atoms with van der Waals surface area (Å²) in [5.74, 6) is 1.23. The van der Waals surface area contributed by atoms with E-state index >= 15 is 0 Å². The van der Waals surface area contributed by atoms with Crippen LogP contribution in [0.15, 0.2) is 89.9 Å². The number of rotatable bonds is 12. The molecule has 194 valence electrons. The van der Waals surface area contributed by atoms with Gasteiger partial charge in [-0.3, -0.25) is 10.2 Å². The molecule has 3 aromatic carbocycles. The molecule has 0 fully saturated rings. The Balaban J connectivity index is 1.72. The second-order valence-electron chi connectivity index (χ2n) is 9.59. The van der Waals surface area contributed by atoms with Gasteiger partial charge in [-0.1, -0.05) is 74.5 Å². The quantitative estimate of drug-likeness (QED) is 0.255. The molecule has 0 radical (unpaired) electrons. The van der Waals surface area contributed by atoms with E-state index in [9.17, 15) is 4.79 Å². The maximum absolute atomic E-state index is 13.9. The number of ether oxygens (including phenoxy) is 2. The van der Waals surface area contributed by atoms with Crippen molar-refractivity contribution in [1.82, 2.24) is 10.9 Å². The van der Waals surface area contributed by atoms with Crippen LogP contribution in [0.25, 0.3) is 0 Å². The predicted octanol–water partition coefficient (Wildman–Crippen LogP) is 4.22. The smallest absolute Gasteiger partial charge is 0.266 e. The van der Waals surface area contributed by atoms with E-state index in [0.717, 1.165) is 16.7 Å².